The van der Waals surface area contributed by atoms with Crippen molar-refractivity contribution in [3.63, 3.8) is 0 Å². The molecule has 192 valence electrons. The molecule has 0 aliphatic carbocycles. The molecule has 0 aliphatic rings. The maximum atomic E-state index is 11.7. The van der Waals surface area contributed by atoms with Crippen molar-refractivity contribution in [3.05, 3.63) is 29.3 Å². The second-order valence-corrected chi connectivity index (χ2v) is 11.0. The molecule has 0 amide bonds. The van der Waals surface area contributed by atoms with Crippen LogP contribution in [-0.2, 0) is 23.0 Å². The van der Waals surface area contributed by atoms with E-state index in [0.29, 0.717) is 12.2 Å². The number of benzene rings is 1. The van der Waals surface area contributed by atoms with Crippen molar-refractivity contribution in [1.82, 2.24) is 0 Å². The molecule has 0 radical (unpaired) electrons. The molecule has 4 nitrogen and oxygen atoms in total. The molecule has 6 heteroatoms. The van der Waals surface area contributed by atoms with Crippen LogP contribution in [-0.4, -0.2) is 18.4 Å². The molecule has 34 heavy (non-hydrogen) atoms. The van der Waals surface area contributed by atoms with Gasteiger partial charge in [0.1, 0.15) is 15.9 Å². The Balaban J connectivity index is 0.0000109. The van der Waals surface area contributed by atoms with Gasteiger partial charge in [-0.3, -0.25) is 0 Å². The molecular weight excluding hydrogens is 455 g/mol. The Morgan fingerprint density at radius 1 is 0.735 bits per heavy atom. The Labute approximate surface area is 233 Å². The summed E-state index contributed by atoms with van der Waals surface area (Å²) in [5.74, 6) is 0.597. The Morgan fingerprint density at radius 3 is 1.74 bits per heavy atom. The van der Waals surface area contributed by atoms with Gasteiger partial charge in [0.05, 0.1) is 0 Å². The summed E-state index contributed by atoms with van der Waals surface area (Å²) in [6, 6.07) is 5.94. The van der Waals surface area contributed by atoms with Crippen molar-refractivity contribution in [2.45, 2.75) is 142 Å². The van der Waals surface area contributed by atoms with Gasteiger partial charge in [0.25, 0.3) is 0 Å². The first-order valence-electron chi connectivity index (χ1n) is 13.7. The molecule has 1 aromatic carbocycles. The van der Waals surface area contributed by atoms with E-state index in [1.54, 1.807) is 0 Å². The third kappa shape index (κ3) is 15.1. The van der Waals surface area contributed by atoms with Crippen molar-refractivity contribution in [2.75, 3.05) is 0 Å². The van der Waals surface area contributed by atoms with Crippen molar-refractivity contribution >= 4 is 10.1 Å². The molecule has 0 heterocycles. The first kappa shape index (κ1) is 33.9. The molecule has 0 saturated heterocycles. The smallest absolute Gasteiger partial charge is 0.745 e. The Morgan fingerprint density at radius 2 is 1.24 bits per heavy atom. The quantitative estimate of drug-likeness (QED) is 0.129. The summed E-state index contributed by atoms with van der Waals surface area (Å²) in [5, 5.41) is 0. The fourth-order valence-electron chi connectivity index (χ4n) is 4.41. The van der Waals surface area contributed by atoms with Gasteiger partial charge < -0.3 is 9.29 Å². The molecule has 0 aliphatic heterocycles. The van der Waals surface area contributed by atoms with Crippen molar-refractivity contribution < 1.29 is 47.3 Å². The average Bonchev–Trinajstić information content (AvgIpc) is 2.78. The van der Waals surface area contributed by atoms with Crippen LogP contribution in [0, 0.1) is 0 Å². The summed E-state index contributed by atoms with van der Waals surface area (Å²) in [4.78, 5) is 0. The first-order valence-corrected chi connectivity index (χ1v) is 15.1. The topological polar surface area (TPSA) is 66.4 Å². The van der Waals surface area contributed by atoms with E-state index in [9.17, 15) is 13.0 Å². The van der Waals surface area contributed by atoms with Crippen LogP contribution in [0.25, 0.3) is 0 Å². The summed E-state index contributed by atoms with van der Waals surface area (Å²) in [5.41, 5.74) is 1.07. The maximum absolute atomic E-state index is 11.7. The first-order chi connectivity index (χ1) is 15.9. The summed E-state index contributed by atoms with van der Waals surface area (Å²) in [6.45, 7) is 6.35. The number of rotatable bonds is 21. The van der Waals surface area contributed by atoms with Gasteiger partial charge in [-0.1, -0.05) is 116 Å². The minimum absolute atomic E-state index is 0. The second-order valence-electron chi connectivity index (χ2n) is 9.47. The van der Waals surface area contributed by atoms with Crippen LogP contribution in [0.1, 0.15) is 135 Å². The van der Waals surface area contributed by atoms with E-state index < -0.39 is 15.6 Å². The van der Waals surface area contributed by atoms with Gasteiger partial charge in [-0.15, -0.1) is 0 Å². The summed E-state index contributed by atoms with van der Waals surface area (Å²) in [7, 11) is -4.50. The molecule has 0 spiro atoms. The van der Waals surface area contributed by atoms with Crippen LogP contribution >= 0.6 is 0 Å². The van der Waals surface area contributed by atoms with E-state index in [2.05, 4.69) is 19.9 Å². The molecule has 0 aromatic heterocycles. The van der Waals surface area contributed by atoms with Crippen LogP contribution in [0.4, 0.5) is 0 Å². The van der Waals surface area contributed by atoms with Gasteiger partial charge in [0.15, 0.2) is 5.44 Å². The second kappa shape index (κ2) is 21.1. The number of ether oxygens (including phenoxy) is 1. The number of aryl methyl sites for hydroxylation is 1. The minimum atomic E-state index is -4.50. The zero-order chi connectivity index (χ0) is 24.4. The molecule has 1 rings (SSSR count). The van der Waals surface area contributed by atoms with Crippen LogP contribution in [0.5, 0.6) is 5.75 Å². The van der Waals surface area contributed by atoms with Crippen LogP contribution in [0.3, 0.4) is 0 Å². The molecule has 0 fully saturated rings. The molecule has 0 N–H and O–H groups in total. The maximum Gasteiger partial charge on any atom is 1.00 e. The number of hydrogen-bond acceptors (Lipinski definition) is 4. The SMILES string of the molecule is CCCCCCCCCc1cccc(OC(CCC)S(=O)(=O)[O-])c1CCCCCCCCC.[Na+]. The van der Waals surface area contributed by atoms with Crippen molar-refractivity contribution in [3.8, 4) is 5.75 Å². The molecule has 1 aromatic rings. The van der Waals surface area contributed by atoms with Crippen LogP contribution in [0.15, 0.2) is 18.2 Å². The average molecular weight is 505 g/mol. The van der Waals surface area contributed by atoms with Gasteiger partial charge >= 0.3 is 29.6 Å². The fourth-order valence-corrected chi connectivity index (χ4v) is 5.16. The Bertz CT molecular complexity index is 721. The normalized spacial score (nSPS) is 12.4. The van der Waals surface area contributed by atoms with Gasteiger partial charge in [0.2, 0.25) is 0 Å². The minimum Gasteiger partial charge on any atom is -0.745 e. The standard InChI is InChI=1S/C28H50O4S.Na/c1-4-7-9-11-13-15-17-21-25-22-19-24-27(32-28(20-6-3)33(29,30)31)26(25)23-18-16-14-12-10-8-5-2;/h19,22,24,28H,4-18,20-21,23H2,1-3H3,(H,29,30,31);/q;+1/p-1. The van der Waals surface area contributed by atoms with E-state index in [4.69, 9.17) is 4.74 Å². The predicted molar refractivity (Wildman–Crippen MR) is 139 cm³/mol. The van der Waals surface area contributed by atoms with Crippen LogP contribution in [0.2, 0.25) is 0 Å². The molecule has 0 bridgehead atoms. The zero-order valence-electron chi connectivity index (χ0n) is 22.6. The fraction of sp³-hybridized carbons (Fsp3) is 0.786. The van der Waals surface area contributed by atoms with Crippen molar-refractivity contribution in [2.24, 2.45) is 0 Å². The molecule has 1 unspecified atom stereocenters. The van der Waals surface area contributed by atoms with E-state index >= 15 is 0 Å². The zero-order valence-corrected chi connectivity index (χ0v) is 25.4. The van der Waals surface area contributed by atoms with Gasteiger partial charge in [-0.05, 0) is 49.3 Å². The number of unbranched alkanes of at least 4 members (excludes halogenated alkanes) is 12. The third-order valence-electron chi connectivity index (χ3n) is 6.41. The Hall–Kier alpha value is -0.0700. The predicted octanol–water partition coefficient (Wildman–Crippen LogP) is 5.33. The van der Waals surface area contributed by atoms with Gasteiger partial charge in [-0.25, -0.2) is 8.42 Å². The molecular formula is C28H49NaO4S. The van der Waals surface area contributed by atoms with E-state index in [0.717, 1.165) is 31.2 Å². The largest absolute Gasteiger partial charge is 1.00 e. The van der Waals surface area contributed by atoms with E-state index in [1.807, 2.05) is 19.1 Å². The summed E-state index contributed by atoms with van der Waals surface area (Å²) < 4.78 is 41.1. The van der Waals surface area contributed by atoms with E-state index in [1.165, 1.54) is 82.6 Å². The third-order valence-corrected chi connectivity index (χ3v) is 7.39. The van der Waals surface area contributed by atoms with Gasteiger partial charge in [-0.2, -0.15) is 0 Å². The summed E-state index contributed by atoms with van der Waals surface area (Å²) >= 11 is 0. The Kier molecular flexibility index (Phi) is 21.0. The van der Waals surface area contributed by atoms with E-state index in [-0.39, 0.29) is 36.0 Å². The molecule has 0 saturated carbocycles. The van der Waals surface area contributed by atoms with Crippen molar-refractivity contribution in [1.29, 1.82) is 0 Å². The summed E-state index contributed by atoms with van der Waals surface area (Å²) in [6.07, 6.45) is 20.2. The number of hydrogen-bond donors (Lipinski definition) is 0. The van der Waals surface area contributed by atoms with Crippen LogP contribution < -0.4 is 34.3 Å². The van der Waals surface area contributed by atoms with Gasteiger partial charge in [0, 0.05) is 0 Å². The monoisotopic (exact) mass is 504 g/mol. The molecule has 1 atom stereocenters.